The van der Waals surface area contributed by atoms with Gasteiger partial charge in [0.25, 0.3) is 5.56 Å². The van der Waals surface area contributed by atoms with Crippen LogP contribution in [-0.4, -0.2) is 47.1 Å². The Labute approximate surface area is 186 Å². The highest BCUT2D eigenvalue weighted by Gasteiger charge is 2.21. The van der Waals surface area contributed by atoms with Gasteiger partial charge in [-0.05, 0) is 36.8 Å². The molecule has 9 nitrogen and oxygen atoms in total. The first-order chi connectivity index (χ1) is 15.4. The molecule has 32 heavy (non-hydrogen) atoms. The van der Waals surface area contributed by atoms with Gasteiger partial charge < -0.3 is 36.1 Å². The van der Waals surface area contributed by atoms with Crippen LogP contribution in [0, 0.1) is 6.92 Å². The van der Waals surface area contributed by atoms with Gasteiger partial charge in [0, 0.05) is 43.3 Å². The molecule has 1 fully saturated rings. The van der Waals surface area contributed by atoms with Gasteiger partial charge in [0.15, 0.2) is 5.82 Å². The van der Waals surface area contributed by atoms with E-state index in [-0.39, 0.29) is 24.1 Å². The minimum Gasteiger partial charge on any atom is -0.398 e. The number of aliphatic hydroxyl groups is 1. The largest absolute Gasteiger partial charge is 0.398 e. The van der Waals surface area contributed by atoms with E-state index in [9.17, 15) is 9.90 Å². The molecule has 1 aromatic heterocycles. The molecule has 0 aliphatic carbocycles. The molecule has 6 N–H and O–H groups in total. The third kappa shape index (κ3) is 4.25. The van der Waals surface area contributed by atoms with Crippen LogP contribution in [0.1, 0.15) is 5.56 Å². The normalized spacial score (nSPS) is 16.2. The predicted octanol–water partition coefficient (Wildman–Crippen LogP) is 1.86. The number of aliphatic hydroxyl groups excluding tert-OH is 1. The number of ether oxygens (including phenoxy) is 1. The molecule has 0 amide bonds. The number of nitrogen functional groups attached to an aromatic ring is 2. The first-order valence-electron chi connectivity index (χ1n) is 10.4. The maximum Gasteiger partial charge on any atom is 0.293 e. The van der Waals surface area contributed by atoms with Crippen LogP contribution >= 0.6 is 0 Å². The Balaban J connectivity index is 1.63. The Morgan fingerprint density at radius 3 is 2.81 bits per heavy atom. The van der Waals surface area contributed by atoms with Crippen molar-refractivity contribution in [1.82, 2.24) is 9.55 Å². The van der Waals surface area contributed by atoms with Gasteiger partial charge in [-0.1, -0.05) is 12.1 Å². The molecule has 0 spiro atoms. The van der Waals surface area contributed by atoms with Gasteiger partial charge in [-0.2, -0.15) is 0 Å². The van der Waals surface area contributed by atoms with Crippen LogP contribution in [0.25, 0.3) is 11.3 Å². The van der Waals surface area contributed by atoms with Gasteiger partial charge in [-0.25, -0.2) is 4.98 Å². The molecule has 1 atom stereocenters. The molecule has 168 valence electrons. The maximum absolute atomic E-state index is 12.7. The van der Waals surface area contributed by atoms with Crippen LogP contribution in [0.4, 0.5) is 28.6 Å². The molecule has 0 radical (unpaired) electrons. The van der Waals surface area contributed by atoms with Crippen molar-refractivity contribution in [2.75, 3.05) is 48.0 Å². The monoisotopic (exact) mass is 436 g/mol. The average Bonchev–Trinajstić information content (AvgIpc) is 2.79. The van der Waals surface area contributed by atoms with Crippen molar-refractivity contribution in [3.05, 3.63) is 58.5 Å². The molecule has 1 saturated heterocycles. The second-order valence-electron chi connectivity index (χ2n) is 7.93. The van der Waals surface area contributed by atoms with Gasteiger partial charge >= 0.3 is 0 Å². The van der Waals surface area contributed by atoms with E-state index in [1.807, 2.05) is 37.3 Å². The van der Waals surface area contributed by atoms with Crippen molar-refractivity contribution in [2.24, 2.45) is 7.05 Å². The zero-order valence-electron chi connectivity index (χ0n) is 18.2. The molecule has 9 heteroatoms. The summed E-state index contributed by atoms with van der Waals surface area (Å²) in [6, 6.07) is 11.2. The Hall–Kier alpha value is -3.56. The molecule has 3 aromatic rings. The first-order valence-corrected chi connectivity index (χ1v) is 10.4. The van der Waals surface area contributed by atoms with E-state index in [2.05, 4.69) is 15.2 Å². The summed E-state index contributed by atoms with van der Waals surface area (Å²) >= 11 is 0. The Kier molecular flexibility index (Phi) is 6.02. The lowest BCUT2D eigenvalue weighted by molar-refractivity contribution is 0.00360. The molecule has 0 saturated carbocycles. The summed E-state index contributed by atoms with van der Waals surface area (Å²) in [5, 5.41) is 12.5. The number of morpholine rings is 1. The van der Waals surface area contributed by atoms with E-state index in [1.165, 1.54) is 4.57 Å². The van der Waals surface area contributed by atoms with Gasteiger partial charge in [-0.3, -0.25) is 4.79 Å². The van der Waals surface area contributed by atoms with Crippen LogP contribution in [0.15, 0.2) is 47.4 Å². The zero-order chi connectivity index (χ0) is 22.8. The van der Waals surface area contributed by atoms with Crippen molar-refractivity contribution in [3.63, 3.8) is 0 Å². The fourth-order valence-corrected chi connectivity index (χ4v) is 3.85. The van der Waals surface area contributed by atoms with E-state index >= 15 is 0 Å². The number of anilines is 5. The van der Waals surface area contributed by atoms with Crippen molar-refractivity contribution in [1.29, 1.82) is 0 Å². The number of rotatable bonds is 5. The first kappa shape index (κ1) is 21.7. The Morgan fingerprint density at radius 1 is 1.25 bits per heavy atom. The highest BCUT2D eigenvalue weighted by molar-refractivity contribution is 5.75. The topological polar surface area (TPSA) is 132 Å². The Morgan fingerprint density at radius 2 is 2.06 bits per heavy atom. The molecule has 1 aliphatic rings. The third-order valence-electron chi connectivity index (χ3n) is 5.70. The van der Waals surface area contributed by atoms with Gasteiger partial charge in [0.1, 0.15) is 0 Å². The number of hydrogen-bond donors (Lipinski definition) is 4. The molecule has 2 heterocycles. The quantitative estimate of drug-likeness (QED) is 0.446. The Bertz CT molecular complexity index is 1190. The lowest BCUT2D eigenvalue weighted by atomic mass is 10.0. The summed E-state index contributed by atoms with van der Waals surface area (Å²) in [7, 11) is 1.69. The van der Waals surface area contributed by atoms with Crippen LogP contribution < -0.4 is 27.2 Å². The number of aromatic nitrogens is 2. The van der Waals surface area contributed by atoms with Crippen molar-refractivity contribution >= 4 is 28.6 Å². The summed E-state index contributed by atoms with van der Waals surface area (Å²) in [5.74, 6) is 0.200. The van der Waals surface area contributed by atoms with E-state index in [0.29, 0.717) is 42.5 Å². The van der Waals surface area contributed by atoms with Crippen LogP contribution in [-0.2, 0) is 11.8 Å². The van der Waals surface area contributed by atoms with Gasteiger partial charge in [0.05, 0.1) is 36.4 Å². The lowest BCUT2D eigenvalue weighted by Gasteiger charge is -2.34. The maximum atomic E-state index is 12.7. The number of nitrogens with one attached hydrogen (secondary N) is 1. The van der Waals surface area contributed by atoms with E-state index in [4.69, 9.17) is 16.2 Å². The zero-order valence-corrected chi connectivity index (χ0v) is 18.2. The molecule has 1 unspecified atom stereocenters. The standard InChI is InChI=1S/C23H28N6O3/c1-14-17(4-3-5-18(14)24)20-12-28(2)23(31)22(27-20)26-15-6-7-21(19(25)10-15)29-8-9-32-16(11-29)13-30/h3-7,10,12,16,30H,8-9,11,13,24-25H2,1-2H3,(H,26,27). The number of nitrogens with zero attached hydrogens (tertiary/aromatic N) is 3. The summed E-state index contributed by atoms with van der Waals surface area (Å²) in [4.78, 5) is 19.4. The third-order valence-corrected chi connectivity index (χ3v) is 5.70. The summed E-state index contributed by atoms with van der Waals surface area (Å²) in [5.41, 5.74) is 17.3. The fourth-order valence-electron chi connectivity index (χ4n) is 3.85. The summed E-state index contributed by atoms with van der Waals surface area (Å²) in [6.07, 6.45) is 1.47. The SMILES string of the molecule is Cc1c(N)cccc1-c1cn(C)c(=O)c(Nc2ccc(N3CCOC(CO)C3)c(N)c2)n1. The second-order valence-corrected chi connectivity index (χ2v) is 7.93. The minimum absolute atomic E-state index is 0.0338. The number of aryl methyl sites for hydroxylation is 1. The summed E-state index contributed by atoms with van der Waals surface area (Å²) < 4.78 is 7.01. The molecule has 0 bridgehead atoms. The number of benzene rings is 2. The highest BCUT2D eigenvalue weighted by Crippen LogP contribution is 2.30. The smallest absolute Gasteiger partial charge is 0.293 e. The molecule has 4 rings (SSSR count). The molecular formula is C23H28N6O3. The molecular weight excluding hydrogens is 408 g/mol. The van der Waals surface area contributed by atoms with Crippen molar-refractivity contribution in [3.8, 4) is 11.3 Å². The van der Waals surface area contributed by atoms with E-state index in [0.717, 1.165) is 16.8 Å². The van der Waals surface area contributed by atoms with Gasteiger partial charge in [-0.15, -0.1) is 0 Å². The second kappa shape index (κ2) is 8.89. The van der Waals surface area contributed by atoms with Crippen LogP contribution in [0.3, 0.4) is 0 Å². The highest BCUT2D eigenvalue weighted by atomic mass is 16.5. The van der Waals surface area contributed by atoms with Crippen LogP contribution in [0.2, 0.25) is 0 Å². The van der Waals surface area contributed by atoms with Crippen molar-refractivity contribution in [2.45, 2.75) is 13.0 Å². The summed E-state index contributed by atoms with van der Waals surface area (Å²) in [6.45, 7) is 3.68. The predicted molar refractivity (Wildman–Crippen MR) is 127 cm³/mol. The number of hydrogen-bond acceptors (Lipinski definition) is 8. The fraction of sp³-hybridized carbons (Fsp3) is 0.304. The van der Waals surface area contributed by atoms with Crippen molar-refractivity contribution < 1.29 is 9.84 Å². The minimum atomic E-state index is -0.253. The van der Waals surface area contributed by atoms with E-state index in [1.54, 1.807) is 19.3 Å². The molecule has 2 aromatic carbocycles. The average molecular weight is 437 g/mol. The lowest BCUT2D eigenvalue weighted by Crippen LogP contribution is -2.44. The molecule has 1 aliphatic heterocycles. The van der Waals surface area contributed by atoms with Gasteiger partial charge in [0.2, 0.25) is 0 Å². The van der Waals surface area contributed by atoms with E-state index < -0.39 is 0 Å². The number of nitrogens with two attached hydrogens (primary N) is 2. The van der Waals surface area contributed by atoms with Crippen LogP contribution in [0.5, 0.6) is 0 Å².